The lowest BCUT2D eigenvalue weighted by Crippen LogP contribution is -2.43. The number of piperidine rings is 1. The predicted octanol–water partition coefficient (Wildman–Crippen LogP) is 3.36. The maximum absolute atomic E-state index is 10.0. The van der Waals surface area contributed by atoms with Crippen LogP contribution in [0.1, 0.15) is 24.0 Å². The normalized spacial score (nSPS) is 16.5. The van der Waals surface area contributed by atoms with E-state index in [0.717, 1.165) is 50.2 Å². The van der Waals surface area contributed by atoms with E-state index in [4.69, 9.17) is 4.74 Å². The zero-order valence-corrected chi connectivity index (χ0v) is 15.4. The largest absolute Gasteiger partial charge is 0.497 e. The van der Waals surface area contributed by atoms with Gasteiger partial charge in [-0.3, -0.25) is 4.90 Å². The minimum atomic E-state index is -0.0159. The van der Waals surface area contributed by atoms with Crippen LogP contribution in [0.3, 0.4) is 0 Å². The molecule has 26 heavy (non-hydrogen) atoms. The number of hydrogen-bond donors (Lipinski definition) is 1. The highest BCUT2D eigenvalue weighted by Gasteiger charge is 2.33. The topological polar surface area (TPSA) is 32.7 Å². The summed E-state index contributed by atoms with van der Waals surface area (Å²) < 4.78 is 5.23. The molecule has 0 unspecified atom stereocenters. The van der Waals surface area contributed by atoms with Crippen molar-refractivity contribution in [2.24, 2.45) is 5.41 Å². The van der Waals surface area contributed by atoms with Crippen molar-refractivity contribution in [3.05, 3.63) is 65.7 Å². The summed E-state index contributed by atoms with van der Waals surface area (Å²) in [5.74, 6) is 7.38. The molecule has 0 saturated carbocycles. The van der Waals surface area contributed by atoms with Crippen LogP contribution < -0.4 is 4.74 Å². The van der Waals surface area contributed by atoms with Gasteiger partial charge in [0.05, 0.1) is 13.7 Å². The van der Waals surface area contributed by atoms with E-state index in [1.807, 2.05) is 42.5 Å². The third-order valence-electron chi connectivity index (χ3n) is 5.30. The monoisotopic (exact) mass is 349 g/mol. The van der Waals surface area contributed by atoms with Crippen LogP contribution in [0, 0.1) is 17.3 Å². The standard InChI is InChI=1S/C23H27NO2/c1-26-22-11-9-21(10-12-22)18-23(19-25)13-16-24(17-14-23)15-5-8-20-6-3-2-4-7-20/h2-4,6-7,9-12,25H,13-19H2,1H3. The van der Waals surface area contributed by atoms with Gasteiger partial charge in [-0.2, -0.15) is 0 Å². The highest BCUT2D eigenvalue weighted by molar-refractivity contribution is 5.33. The molecule has 1 heterocycles. The van der Waals surface area contributed by atoms with E-state index in [-0.39, 0.29) is 12.0 Å². The number of nitrogens with zero attached hydrogens (tertiary/aromatic N) is 1. The Labute approximate surface area is 156 Å². The molecule has 0 aliphatic carbocycles. The van der Waals surface area contributed by atoms with Crippen molar-refractivity contribution in [1.29, 1.82) is 0 Å². The molecule has 0 radical (unpaired) electrons. The lowest BCUT2D eigenvalue weighted by Gasteiger charge is -2.40. The van der Waals surface area contributed by atoms with Gasteiger partial charge < -0.3 is 9.84 Å². The van der Waals surface area contributed by atoms with Crippen LogP contribution >= 0.6 is 0 Å². The summed E-state index contributed by atoms with van der Waals surface area (Å²) in [6.07, 6.45) is 2.92. The zero-order valence-electron chi connectivity index (χ0n) is 15.4. The molecule has 0 spiro atoms. The van der Waals surface area contributed by atoms with E-state index in [2.05, 4.69) is 28.9 Å². The summed E-state index contributed by atoms with van der Waals surface area (Å²) >= 11 is 0. The Balaban J connectivity index is 1.54. The van der Waals surface area contributed by atoms with Gasteiger partial charge >= 0.3 is 0 Å². The second-order valence-electron chi connectivity index (χ2n) is 7.13. The highest BCUT2D eigenvalue weighted by Crippen LogP contribution is 2.35. The molecular formula is C23H27NO2. The number of aliphatic hydroxyl groups is 1. The first kappa shape index (κ1) is 18.5. The van der Waals surface area contributed by atoms with Crippen molar-refractivity contribution >= 4 is 0 Å². The van der Waals surface area contributed by atoms with Crippen molar-refractivity contribution in [2.45, 2.75) is 19.3 Å². The van der Waals surface area contributed by atoms with Crippen LogP contribution in [0.25, 0.3) is 0 Å². The van der Waals surface area contributed by atoms with Crippen LogP contribution in [0.4, 0.5) is 0 Å². The summed E-state index contributed by atoms with van der Waals surface area (Å²) in [6, 6.07) is 18.3. The lowest BCUT2D eigenvalue weighted by molar-refractivity contribution is 0.0490. The molecule has 1 saturated heterocycles. The number of ether oxygens (including phenoxy) is 1. The first-order valence-electron chi connectivity index (χ1n) is 9.23. The van der Waals surface area contributed by atoms with E-state index in [1.165, 1.54) is 5.56 Å². The molecule has 3 rings (SSSR count). The van der Waals surface area contributed by atoms with Gasteiger partial charge in [-0.25, -0.2) is 0 Å². The van der Waals surface area contributed by atoms with Gasteiger partial charge in [0.2, 0.25) is 0 Å². The number of rotatable bonds is 5. The molecule has 1 aliphatic rings. The number of aliphatic hydroxyl groups excluding tert-OH is 1. The molecule has 3 nitrogen and oxygen atoms in total. The van der Waals surface area contributed by atoms with Gasteiger partial charge in [-0.05, 0) is 67.6 Å². The molecule has 2 aromatic rings. The molecule has 0 amide bonds. The molecular weight excluding hydrogens is 322 g/mol. The SMILES string of the molecule is COc1ccc(CC2(CO)CCN(CC#Cc3ccccc3)CC2)cc1. The Hall–Kier alpha value is -2.28. The second kappa shape index (κ2) is 8.89. The average Bonchev–Trinajstić information content (AvgIpc) is 2.71. The van der Waals surface area contributed by atoms with Gasteiger partial charge in [-0.15, -0.1) is 0 Å². The third-order valence-corrected chi connectivity index (χ3v) is 5.30. The van der Waals surface area contributed by atoms with Crippen LogP contribution in [-0.2, 0) is 6.42 Å². The fraction of sp³-hybridized carbons (Fsp3) is 0.391. The first-order valence-corrected chi connectivity index (χ1v) is 9.23. The molecule has 3 heteroatoms. The molecule has 0 atom stereocenters. The molecule has 1 fully saturated rings. The summed E-state index contributed by atoms with van der Waals surface area (Å²) in [4.78, 5) is 2.39. The van der Waals surface area contributed by atoms with E-state index < -0.39 is 0 Å². The van der Waals surface area contributed by atoms with E-state index >= 15 is 0 Å². The van der Waals surface area contributed by atoms with Crippen molar-refractivity contribution < 1.29 is 9.84 Å². The number of likely N-dealkylation sites (tertiary alicyclic amines) is 1. The van der Waals surface area contributed by atoms with Crippen LogP contribution in [-0.4, -0.2) is 43.4 Å². The number of hydrogen-bond acceptors (Lipinski definition) is 3. The van der Waals surface area contributed by atoms with Crippen molar-refractivity contribution in [3.63, 3.8) is 0 Å². The molecule has 136 valence electrons. The molecule has 1 aliphatic heterocycles. The fourth-order valence-corrected chi connectivity index (χ4v) is 3.53. The molecule has 1 N–H and O–H groups in total. The van der Waals surface area contributed by atoms with Gasteiger partial charge in [0.25, 0.3) is 0 Å². The average molecular weight is 349 g/mol. The lowest BCUT2D eigenvalue weighted by atomic mass is 9.74. The minimum absolute atomic E-state index is 0.0159. The number of benzene rings is 2. The minimum Gasteiger partial charge on any atom is -0.497 e. The summed E-state index contributed by atoms with van der Waals surface area (Å²) in [5.41, 5.74) is 2.31. The second-order valence-corrected chi connectivity index (χ2v) is 7.13. The summed E-state index contributed by atoms with van der Waals surface area (Å²) in [6.45, 7) is 3.00. The van der Waals surface area contributed by atoms with Gasteiger partial charge in [0, 0.05) is 12.2 Å². The van der Waals surface area contributed by atoms with Crippen molar-refractivity contribution in [2.75, 3.05) is 33.4 Å². The maximum atomic E-state index is 10.0. The third kappa shape index (κ3) is 4.88. The maximum Gasteiger partial charge on any atom is 0.118 e. The summed E-state index contributed by atoms with van der Waals surface area (Å²) in [5, 5.41) is 10.0. The summed E-state index contributed by atoms with van der Waals surface area (Å²) in [7, 11) is 1.68. The Kier molecular flexibility index (Phi) is 6.33. The molecule has 0 bridgehead atoms. The predicted molar refractivity (Wildman–Crippen MR) is 105 cm³/mol. The van der Waals surface area contributed by atoms with Gasteiger partial charge in [0.15, 0.2) is 0 Å². The zero-order chi connectivity index (χ0) is 18.2. The van der Waals surface area contributed by atoms with Crippen molar-refractivity contribution in [1.82, 2.24) is 4.90 Å². The molecule has 2 aromatic carbocycles. The highest BCUT2D eigenvalue weighted by atomic mass is 16.5. The Morgan fingerprint density at radius 2 is 1.73 bits per heavy atom. The van der Waals surface area contributed by atoms with Crippen LogP contribution in [0.15, 0.2) is 54.6 Å². The first-order chi connectivity index (χ1) is 12.7. The van der Waals surface area contributed by atoms with Crippen molar-refractivity contribution in [3.8, 4) is 17.6 Å². The van der Waals surface area contributed by atoms with Gasteiger partial charge in [-0.1, -0.05) is 42.2 Å². The quantitative estimate of drug-likeness (QED) is 0.840. The Morgan fingerprint density at radius 3 is 2.35 bits per heavy atom. The number of methoxy groups -OCH3 is 1. The van der Waals surface area contributed by atoms with E-state index in [1.54, 1.807) is 7.11 Å². The van der Waals surface area contributed by atoms with Crippen LogP contribution in [0.5, 0.6) is 5.75 Å². The molecule has 0 aromatic heterocycles. The van der Waals surface area contributed by atoms with Gasteiger partial charge in [0.1, 0.15) is 5.75 Å². The Bertz CT molecular complexity index is 735. The Morgan fingerprint density at radius 1 is 1.04 bits per heavy atom. The van der Waals surface area contributed by atoms with Crippen LogP contribution in [0.2, 0.25) is 0 Å². The van der Waals surface area contributed by atoms with E-state index in [9.17, 15) is 5.11 Å². The fourth-order valence-electron chi connectivity index (χ4n) is 3.53. The van der Waals surface area contributed by atoms with E-state index in [0.29, 0.717) is 0 Å². The smallest absolute Gasteiger partial charge is 0.118 e.